The molecule has 0 aliphatic carbocycles. The van der Waals surface area contributed by atoms with Gasteiger partial charge in [-0.25, -0.2) is 4.79 Å². The zero-order valence-corrected chi connectivity index (χ0v) is 14.2. The van der Waals surface area contributed by atoms with E-state index in [2.05, 4.69) is 5.32 Å². The van der Waals surface area contributed by atoms with Crippen molar-refractivity contribution >= 4 is 6.09 Å². The highest BCUT2D eigenvalue weighted by Crippen LogP contribution is 2.25. The van der Waals surface area contributed by atoms with E-state index in [1.165, 1.54) is 0 Å². The summed E-state index contributed by atoms with van der Waals surface area (Å²) in [6, 6.07) is 4.06. The summed E-state index contributed by atoms with van der Waals surface area (Å²) >= 11 is 0. The zero-order valence-electron chi connectivity index (χ0n) is 14.2. The Morgan fingerprint density at radius 2 is 1.71 bits per heavy atom. The van der Waals surface area contributed by atoms with Crippen LogP contribution in [0.1, 0.15) is 51.3 Å². The van der Waals surface area contributed by atoms with Crippen LogP contribution in [0.15, 0.2) is 12.1 Å². The number of benzene rings is 1. The maximum Gasteiger partial charge on any atom is 0.407 e. The quantitative estimate of drug-likeness (QED) is 0.908. The van der Waals surface area contributed by atoms with Crippen LogP contribution in [-0.2, 0) is 11.3 Å². The molecule has 0 aromatic heterocycles. The fourth-order valence-electron chi connectivity index (χ4n) is 2.05. The number of hydrogen-bond acceptors (Lipinski definition) is 3. The van der Waals surface area contributed by atoms with Crippen LogP contribution in [0.3, 0.4) is 0 Å². The average molecular weight is 293 g/mol. The monoisotopic (exact) mass is 293 g/mol. The summed E-state index contributed by atoms with van der Waals surface area (Å²) < 4.78 is 11.0. The first-order valence-electron chi connectivity index (χ1n) is 7.32. The normalized spacial score (nSPS) is 11.4. The van der Waals surface area contributed by atoms with E-state index in [0.29, 0.717) is 6.54 Å². The second-order valence-corrected chi connectivity index (χ2v) is 6.58. The number of rotatable bonds is 4. The van der Waals surface area contributed by atoms with E-state index in [4.69, 9.17) is 9.47 Å². The third-order valence-electron chi connectivity index (χ3n) is 2.71. The molecule has 118 valence electrons. The topological polar surface area (TPSA) is 47.6 Å². The molecular formula is C17H27NO3. The fourth-order valence-corrected chi connectivity index (χ4v) is 2.05. The smallest absolute Gasteiger partial charge is 0.407 e. The maximum absolute atomic E-state index is 11.7. The van der Waals surface area contributed by atoms with E-state index in [-0.39, 0.29) is 6.10 Å². The minimum absolute atomic E-state index is 0.146. The van der Waals surface area contributed by atoms with E-state index in [1.807, 2.05) is 60.6 Å². The summed E-state index contributed by atoms with van der Waals surface area (Å²) in [4.78, 5) is 11.7. The van der Waals surface area contributed by atoms with Gasteiger partial charge in [0.25, 0.3) is 0 Å². The van der Waals surface area contributed by atoms with Gasteiger partial charge in [0.1, 0.15) is 11.4 Å². The standard InChI is InChI=1S/C17H27NO3/c1-11(2)20-15-12(3)8-14(9-13(15)4)10-18-16(19)21-17(5,6)7/h8-9,11H,10H2,1-7H3,(H,18,19). The molecule has 0 heterocycles. The largest absolute Gasteiger partial charge is 0.490 e. The van der Waals surface area contributed by atoms with Crippen LogP contribution in [0.2, 0.25) is 0 Å². The fraction of sp³-hybridized carbons (Fsp3) is 0.588. The second kappa shape index (κ2) is 6.83. The molecule has 4 heteroatoms. The first kappa shape index (κ1) is 17.3. The van der Waals surface area contributed by atoms with Crippen molar-refractivity contribution < 1.29 is 14.3 Å². The molecule has 1 rings (SSSR count). The van der Waals surface area contributed by atoms with Crippen molar-refractivity contribution in [2.45, 2.75) is 66.7 Å². The van der Waals surface area contributed by atoms with Gasteiger partial charge in [-0.1, -0.05) is 12.1 Å². The Morgan fingerprint density at radius 1 is 1.19 bits per heavy atom. The number of ether oxygens (including phenoxy) is 2. The van der Waals surface area contributed by atoms with Crippen molar-refractivity contribution in [3.05, 3.63) is 28.8 Å². The number of aryl methyl sites for hydroxylation is 2. The van der Waals surface area contributed by atoms with Gasteiger partial charge in [0.15, 0.2) is 0 Å². The Morgan fingerprint density at radius 3 is 2.14 bits per heavy atom. The molecule has 4 nitrogen and oxygen atoms in total. The maximum atomic E-state index is 11.7. The van der Waals surface area contributed by atoms with Gasteiger partial charge in [0.2, 0.25) is 0 Å². The molecular weight excluding hydrogens is 266 g/mol. The molecule has 21 heavy (non-hydrogen) atoms. The highest BCUT2D eigenvalue weighted by molar-refractivity contribution is 5.67. The van der Waals surface area contributed by atoms with E-state index < -0.39 is 11.7 Å². The molecule has 1 aromatic rings. The highest BCUT2D eigenvalue weighted by atomic mass is 16.6. The van der Waals surface area contributed by atoms with Crippen molar-refractivity contribution in [3.8, 4) is 5.75 Å². The molecule has 1 aromatic carbocycles. The van der Waals surface area contributed by atoms with E-state index in [9.17, 15) is 4.79 Å². The number of nitrogens with one attached hydrogen (secondary N) is 1. The molecule has 0 radical (unpaired) electrons. The lowest BCUT2D eigenvalue weighted by molar-refractivity contribution is 0.0523. The van der Waals surface area contributed by atoms with Crippen LogP contribution in [0.25, 0.3) is 0 Å². The summed E-state index contributed by atoms with van der Waals surface area (Å²) in [5, 5.41) is 2.77. The van der Waals surface area contributed by atoms with Crippen LogP contribution in [0, 0.1) is 13.8 Å². The van der Waals surface area contributed by atoms with Gasteiger partial charge in [0, 0.05) is 6.54 Å². The molecule has 0 aliphatic heterocycles. The molecule has 0 aliphatic rings. The van der Waals surface area contributed by atoms with Gasteiger partial charge in [-0.2, -0.15) is 0 Å². The molecule has 1 amide bonds. The summed E-state index contributed by atoms with van der Waals surface area (Å²) in [7, 11) is 0. The predicted octanol–water partition coefficient (Wildman–Crippen LogP) is 4.12. The average Bonchev–Trinajstić information content (AvgIpc) is 2.29. The SMILES string of the molecule is Cc1cc(CNC(=O)OC(C)(C)C)cc(C)c1OC(C)C. The summed E-state index contributed by atoms with van der Waals surface area (Å²) in [6.45, 7) is 14.0. The number of amides is 1. The van der Waals surface area contributed by atoms with Crippen molar-refractivity contribution in [2.24, 2.45) is 0 Å². The minimum Gasteiger partial charge on any atom is -0.490 e. The Labute approximate surface area is 127 Å². The third kappa shape index (κ3) is 6.06. The van der Waals surface area contributed by atoms with E-state index >= 15 is 0 Å². The van der Waals surface area contributed by atoms with Crippen LogP contribution in [0.5, 0.6) is 5.75 Å². The van der Waals surface area contributed by atoms with Crippen LogP contribution in [-0.4, -0.2) is 17.8 Å². The van der Waals surface area contributed by atoms with Crippen LogP contribution < -0.4 is 10.1 Å². The molecule has 0 unspecified atom stereocenters. The summed E-state index contributed by atoms with van der Waals surface area (Å²) in [6.07, 6.45) is -0.256. The van der Waals surface area contributed by atoms with Crippen molar-refractivity contribution in [2.75, 3.05) is 0 Å². The molecule has 0 saturated heterocycles. The lowest BCUT2D eigenvalue weighted by Gasteiger charge is -2.20. The molecule has 0 saturated carbocycles. The van der Waals surface area contributed by atoms with Gasteiger partial charge < -0.3 is 14.8 Å². The molecule has 1 N–H and O–H groups in total. The van der Waals surface area contributed by atoms with Crippen molar-refractivity contribution in [1.29, 1.82) is 0 Å². The number of carbonyl (C=O) groups is 1. The van der Waals surface area contributed by atoms with Gasteiger partial charge in [-0.05, 0) is 65.2 Å². The van der Waals surface area contributed by atoms with Crippen molar-refractivity contribution in [1.82, 2.24) is 5.32 Å². The molecule has 0 bridgehead atoms. The lowest BCUT2D eigenvalue weighted by atomic mass is 10.1. The minimum atomic E-state index is -0.481. The Kier molecular flexibility index (Phi) is 5.64. The van der Waals surface area contributed by atoms with E-state index in [1.54, 1.807) is 0 Å². The molecule has 0 atom stereocenters. The van der Waals surface area contributed by atoms with Gasteiger partial charge in [-0.3, -0.25) is 0 Å². The van der Waals surface area contributed by atoms with Gasteiger partial charge in [-0.15, -0.1) is 0 Å². The first-order chi connectivity index (χ1) is 9.58. The Bertz CT molecular complexity index is 478. The van der Waals surface area contributed by atoms with Crippen LogP contribution >= 0.6 is 0 Å². The predicted molar refractivity (Wildman–Crippen MR) is 84.8 cm³/mol. The summed E-state index contributed by atoms with van der Waals surface area (Å²) in [5.41, 5.74) is 2.70. The lowest BCUT2D eigenvalue weighted by Crippen LogP contribution is -2.32. The molecule has 0 spiro atoms. The van der Waals surface area contributed by atoms with Crippen molar-refractivity contribution in [3.63, 3.8) is 0 Å². The number of carbonyl (C=O) groups excluding carboxylic acids is 1. The second-order valence-electron chi connectivity index (χ2n) is 6.58. The van der Waals surface area contributed by atoms with E-state index in [0.717, 1.165) is 22.4 Å². The van der Waals surface area contributed by atoms with Gasteiger partial charge in [0.05, 0.1) is 6.10 Å². The first-order valence-corrected chi connectivity index (χ1v) is 7.32. The highest BCUT2D eigenvalue weighted by Gasteiger charge is 2.16. The third-order valence-corrected chi connectivity index (χ3v) is 2.71. The Hall–Kier alpha value is -1.71. The Balaban J connectivity index is 2.71. The zero-order chi connectivity index (χ0) is 16.2. The molecule has 0 fully saturated rings. The number of alkyl carbamates (subject to hydrolysis) is 1. The van der Waals surface area contributed by atoms with Crippen LogP contribution in [0.4, 0.5) is 4.79 Å². The van der Waals surface area contributed by atoms with Gasteiger partial charge >= 0.3 is 6.09 Å². The summed E-state index contributed by atoms with van der Waals surface area (Å²) in [5.74, 6) is 0.922. The number of hydrogen-bond donors (Lipinski definition) is 1.